The maximum absolute atomic E-state index is 10.6. The zero-order chi connectivity index (χ0) is 22.5. The molecular formula is C16H29N6O7P. The molecule has 0 saturated carbocycles. The number of phosphoric acid groups is 1. The summed E-state index contributed by atoms with van der Waals surface area (Å²) < 4.78 is 21.5. The quantitative estimate of drug-likeness (QED) is 0.280. The Morgan fingerprint density at radius 2 is 1.87 bits per heavy atom. The Balaban J connectivity index is 0.000000396. The molecule has 5 atom stereocenters. The smallest absolute Gasteiger partial charge is 0.265 e. The van der Waals surface area contributed by atoms with Crippen LogP contribution >= 0.6 is 7.82 Å². The average molecular weight is 448 g/mol. The topological polar surface area (TPSA) is 193 Å². The number of anilines is 1. The number of hydrogen-bond acceptors (Lipinski definition) is 10. The van der Waals surface area contributed by atoms with Crippen LogP contribution < -0.4 is 15.5 Å². The molecule has 3 heterocycles. The fourth-order valence-electron chi connectivity index (χ4n) is 3.07. The van der Waals surface area contributed by atoms with Crippen molar-refractivity contribution in [3.63, 3.8) is 0 Å². The van der Waals surface area contributed by atoms with E-state index in [1.54, 1.807) is 4.90 Å². The van der Waals surface area contributed by atoms with E-state index in [2.05, 4.69) is 40.2 Å². The van der Waals surface area contributed by atoms with Crippen LogP contribution in [0.1, 0.15) is 27.0 Å². The SMILES string of the molecule is CC[NH+](CC)CC.Nc1ncnc2c1ncn2C1OC(COP(=O)([O-])O)C(O)C1O. The van der Waals surface area contributed by atoms with Crippen LogP contribution in [0, 0.1) is 0 Å². The normalized spacial score (nSPS) is 25.9. The van der Waals surface area contributed by atoms with Crippen LogP contribution in [0.25, 0.3) is 11.2 Å². The molecule has 6 N–H and O–H groups in total. The lowest BCUT2D eigenvalue weighted by Gasteiger charge is -2.20. The second kappa shape index (κ2) is 10.6. The molecule has 1 aliphatic heterocycles. The summed E-state index contributed by atoms with van der Waals surface area (Å²) >= 11 is 0. The largest absolute Gasteiger partial charge is 0.756 e. The third kappa shape index (κ3) is 5.93. The number of nitrogens with zero attached hydrogens (tertiary/aromatic N) is 4. The van der Waals surface area contributed by atoms with E-state index in [-0.39, 0.29) is 17.0 Å². The molecule has 0 aliphatic carbocycles. The third-order valence-corrected chi connectivity index (χ3v) is 5.38. The van der Waals surface area contributed by atoms with Gasteiger partial charge in [-0.2, -0.15) is 0 Å². The first kappa shape index (κ1) is 24.6. The number of quaternary nitrogens is 1. The molecule has 0 amide bonds. The highest BCUT2D eigenvalue weighted by molar-refractivity contribution is 7.44. The van der Waals surface area contributed by atoms with E-state index in [1.165, 1.54) is 36.9 Å². The standard InChI is InChI=1S/C10H14N5O7P.C6H15N/c11-8-5-9(13-2-12-8)15(3-14-5)10-7(17)6(16)4(22-10)1-21-23(18,19)20;1-4-7(5-2)6-3/h2-4,6-7,10,16-17H,1H2,(H2,11,12,13)(H2,18,19,20);4-6H2,1-3H3. The minimum Gasteiger partial charge on any atom is -0.756 e. The minimum absolute atomic E-state index is 0.134. The van der Waals surface area contributed by atoms with Crippen LogP contribution in [0.15, 0.2) is 12.7 Å². The number of aliphatic hydroxyl groups is 2. The van der Waals surface area contributed by atoms with Gasteiger partial charge in [0.2, 0.25) is 0 Å². The van der Waals surface area contributed by atoms with Crippen molar-refractivity contribution in [3.8, 4) is 0 Å². The van der Waals surface area contributed by atoms with Crippen molar-refractivity contribution >= 4 is 24.8 Å². The lowest BCUT2D eigenvalue weighted by molar-refractivity contribution is -0.894. The number of nitrogens with one attached hydrogen (secondary N) is 1. The number of phosphoric ester groups is 1. The molecule has 1 saturated heterocycles. The van der Waals surface area contributed by atoms with E-state index in [9.17, 15) is 19.7 Å². The number of rotatable bonds is 7. The van der Waals surface area contributed by atoms with Crippen LogP contribution in [0.2, 0.25) is 0 Å². The molecule has 13 nitrogen and oxygen atoms in total. The Kier molecular flexibility index (Phi) is 8.64. The molecular weight excluding hydrogens is 419 g/mol. The summed E-state index contributed by atoms with van der Waals surface area (Å²) in [5, 5.41) is 20.0. The van der Waals surface area contributed by atoms with Gasteiger partial charge in [-0.05, 0) is 20.8 Å². The van der Waals surface area contributed by atoms with Crippen LogP contribution in [-0.2, 0) is 13.8 Å². The van der Waals surface area contributed by atoms with E-state index in [0.29, 0.717) is 0 Å². The first-order valence-electron chi connectivity index (χ1n) is 9.59. The third-order valence-electron chi connectivity index (χ3n) is 4.90. The summed E-state index contributed by atoms with van der Waals surface area (Å²) in [4.78, 5) is 32.6. The predicted octanol–water partition coefficient (Wildman–Crippen LogP) is -2.56. The Morgan fingerprint density at radius 3 is 2.40 bits per heavy atom. The van der Waals surface area contributed by atoms with E-state index in [4.69, 9.17) is 15.4 Å². The predicted molar refractivity (Wildman–Crippen MR) is 104 cm³/mol. The van der Waals surface area contributed by atoms with Gasteiger partial charge >= 0.3 is 0 Å². The van der Waals surface area contributed by atoms with E-state index >= 15 is 0 Å². The van der Waals surface area contributed by atoms with Crippen molar-refractivity contribution < 1.29 is 38.7 Å². The lowest BCUT2D eigenvalue weighted by atomic mass is 10.1. The van der Waals surface area contributed by atoms with Crippen LogP contribution in [-0.4, -0.2) is 79.2 Å². The zero-order valence-electron chi connectivity index (χ0n) is 17.1. The molecule has 1 fully saturated rings. The molecule has 3 rings (SSSR count). The molecule has 1 aliphatic rings. The highest BCUT2D eigenvalue weighted by atomic mass is 31.2. The maximum atomic E-state index is 10.6. The van der Waals surface area contributed by atoms with Crippen molar-refractivity contribution in [1.29, 1.82) is 0 Å². The molecule has 0 spiro atoms. The van der Waals surface area contributed by atoms with E-state index in [0.717, 1.165) is 0 Å². The van der Waals surface area contributed by atoms with Gasteiger partial charge in [0.15, 0.2) is 17.7 Å². The number of fused-ring (bicyclic) bond motifs is 1. The van der Waals surface area contributed by atoms with Crippen molar-refractivity contribution in [2.75, 3.05) is 32.0 Å². The molecule has 170 valence electrons. The van der Waals surface area contributed by atoms with Gasteiger partial charge in [0.05, 0.1) is 32.6 Å². The van der Waals surface area contributed by atoms with Crippen molar-refractivity contribution in [2.24, 2.45) is 0 Å². The fraction of sp³-hybridized carbons (Fsp3) is 0.688. The molecule has 5 unspecified atom stereocenters. The number of aliphatic hydroxyl groups excluding tert-OH is 2. The molecule has 2 aromatic heterocycles. The number of nitrogens with two attached hydrogens (primary N) is 1. The second-order valence-corrected chi connectivity index (χ2v) is 7.90. The van der Waals surface area contributed by atoms with Gasteiger partial charge in [0.1, 0.15) is 30.2 Å². The fourth-order valence-corrected chi connectivity index (χ4v) is 3.41. The van der Waals surface area contributed by atoms with Gasteiger partial charge in [0.25, 0.3) is 7.82 Å². The number of aromatic nitrogens is 4. The zero-order valence-corrected chi connectivity index (χ0v) is 18.0. The van der Waals surface area contributed by atoms with E-state index in [1.807, 2.05) is 0 Å². The average Bonchev–Trinajstić information content (AvgIpc) is 3.24. The van der Waals surface area contributed by atoms with E-state index < -0.39 is 39.0 Å². The van der Waals surface area contributed by atoms with Gasteiger partial charge < -0.3 is 39.9 Å². The van der Waals surface area contributed by atoms with Gasteiger partial charge in [0, 0.05) is 0 Å². The summed E-state index contributed by atoms with van der Waals surface area (Å²) in [6.45, 7) is 9.83. The Bertz CT molecular complexity index is 852. The Labute approximate surface area is 173 Å². The Morgan fingerprint density at radius 1 is 1.23 bits per heavy atom. The summed E-state index contributed by atoms with van der Waals surface area (Å²) in [7, 11) is -4.97. The lowest BCUT2D eigenvalue weighted by Crippen LogP contribution is -3.11. The van der Waals surface area contributed by atoms with Crippen molar-refractivity contribution in [2.45, 2.75) is 45.3 Å². The number of imidazole rings is 1. The van der Waals surface area contributed by atoms with Crippen molar-refractivity contribution in [1.82, 2.24) is 19.5 Å². The minimum atomic E-state index is -4.97. The highest BCUT2D eigenvalue weighted by Crippen LogP contribution is 2.36. The first-order valence-corrected chi connectivity index (χ1v) is 11.1. The molecule has 0 aromatic carbocycles. The molecule has 30 heavy (non-hydrogen) atoms. The van der Waals surface area contributed by atoms with Gasteiger partial charge in [-0.3, -0.25) is 9.13 Å². The summed E-state index contributed by atoms with van der Waals surface area (Å²) in [5.74, 6) is 0.134. The monoisotopic (exact) mass is 448 g/mol. The summed E-state index contributed by atoms with van der Waals surface area (Å²) in [6.07, 6.45) is -2.62. The molecule has 2 aromatic rings. The van der Waals surface area contributed by atoms with Crippen molar-refractivity contribution in [3.05, 3.63) is 12.7 Å². The van der Waals surface area contributed by atoms with Gasteiger partial charge in [-0.15, -0.1) is 0 Å². The van der Waals surface area contributed by atoms with Crippen LogP contribution in [0.3, 0.4) is 0 Å². The number of nitrogen functional groups attached to an aromatic ring is 1. The van der Waals surface area contributed by atoms with Gasteiger partial charge in [-0.1, -0.05) is 0 Å². The maximum Gasteiger partial charge on any atom is 0.265 e. The molecule has 0 radical (unpaired) electrons. The summed E-state index contributed by atoms with van der Waals surface area (Å²) in [5.41, 5.74) is 6.22. The van der Waals surface area contributed by atoms with Crippen LogP contribution in [0.5, 0.6) is 0 Å². The number of ether oxygens (including phenoxy) is 1. The number of hydrogen-bond donors (Lipinski definition) is 5. The highest BCUT2D eigenvalue weighted by Gasteiger charge is 2.44. The molecule has 0 bridgehead atoms. The Hall–Kier alpha value is -1.70. The second-order valence-electron chi connectivity index (χ2n) is 6.70. The summed E-state index contributed by atoms with van der Waals surface area (Å²) in [6, 6.07) is 0. The van der Waals surface area contributed by atoms with Gasteiger partial charge in [-0.25, -0.2) is 15.0 Å². The first-order chi connectivity index (χ1) is 14.1. The molecule has 14 heteroatoms. The van der Waals surface area contributed by atoms with Crippen LogP contribution in [0.4, 0.5) is 5.82 Å².